The molecular weight excluding hydrogens is 435 g/mol. The zero-order chi connectivity index (χ0) is 17.7. The Balaban J connectivity index is 2.05. The molecule has 0 saturated heterocycles. The van der Waals surface area contributed by atoms with Gasteiger partial charge in [0.05, 0.1) is 6.61 Å². The lowest BCUT2D eigenvalue weighted by Gasteiger charge is -2.13. The third-order valence-corrected chi connectivity index (χ3v) is 4.75. The lowest BCUT2D eigenvalue weighted by molar-refractivity contribution is 0.0977. The second-order valence-electron chi connectivity index (χ2n) is 5.29. The molecule has 4 nitrogen and oxygen atoms in total. The predicted octanol–water partition coefficient (Wildman–Crippen LogP) is 4.43. The largest absolute Gasteiger partial charge is 0.494 e. The van der Waals surface area contributed by atoms with Crippen molar-refractivity contribution in [2.24, 2.45) is 0 Å². The van der Waals surface area contributed by atoms with Gasteiger partial charge in [0.15, 0.2) is 5.11 Å². The monoisotopic (exact) mass is 454 g/mol. The number of thiocarbonyl (C=S) groups is 1. The molecule has 2 rings (SSSR count). The summed E-state index contributed by atoms with van der Waals surface area (Å²) >= 11 is 7.55. The fourth-order valence-electron chi connectivity index (χ4n) is 2.14. The summed E-state index contributed by atoms with van der Waals surface area (Å²) in [5, 5.41) is 6.05. The predicted molar refractivity (Wildman–Crippen MR) is 110 cm³/mol. The first kappa shape index (κ1) is 18.7. The van der Waals surface area contributed by atoms with Crippen LogP contribution in [0.2, 0.25) is 0 Å². The van der Waals surface area contributed by atoms with Gasteiger partial charge in [0.1, 0.15) is 5.75 Å². The van der Waals surface area contributed by atoms with Gasteiger partial charge >= 0.3 is 0 Å². The smallest absolute Gasteiger partial charge is 0.257 e. The van der Waals surface area contributed by atoms with Crippen molar-refractivity contribution in [3.05, 3.63) is 56.7 Å². The van der Waals surface area contributed by atoms with Crippen molar-refractivity contribution in [1.29, 1.82) is 0 Å². The van der Waals surface area contributed by atoms with Crippen LogP contribution < -0.4 is 15.4 Å². The summed E-state index contributed by atoms with van der Waals surface area (Å²) in [7, 11) is 0. The highest BCUT2D eigenvalue weighted by Crippen LogP contribution is 2.22. The van der Waals surface area contributed by atoms with Crippen LogP contribution >= 0.6 is 34.8 Å². The van der Waals surface area contributed by atoms with Crippen molar-refractivity contribution >= 4 is 51.5 Å². The molecule has 0 spiro atoms. The topological polar surface area (TPSA) is 50.4 Å². The van der Waals surface area contributed by atoms with Crippen LogP contribution in [0.5, 0.6) is 5.75 Å². The van der Waals surface area contributed by atoms with E-state index in [1.165, 1.54) is 3.57 Å². The van der Waals surface area contributed by atoms with Gasteiger partial charge in [-0.1, -0.05) is 6.07 Å². The second-order valence-corrected chi connectivity index (χ2v) is 6.86. The van der Waals surface area contributed by atoms with Crippen molar-refractivity contribution < 1.29 is 9.53 Å². The van der Waals surface area contributed by atoms with E-state index in [9.17, 15) is 4.79 Å². The molecule has 24 heavy (non-hydrogen) atoms. The molecule has 2 N–H and O–H groups in total. The zero-order valence-corrected chi connectivity index (χ0v) is 16.7. The molecule has 0 radical (unpaired) electrons. The van der Waals surface area contributed by atoms with E-state index in [0.29, 0.717) is 17.9 Å². The first-order chi connectivity index (χ1) is 11.4. The van der Waals surface area contributed by atoms with Gasteiger partial charge in [0, 0.05) is 14.8 Å². The average Bonchev–Trinajstić information content (AvgIpc) is 2.53. The minimum Gasteiger partial charge on any atom is -0.494 e. The molecule has 6 heteroatoms. The van der Waals surface area contributed by atoms with Gasteiger partial charge in [-0.25, -0.2) is 0 Å². The van der Waals surface area contributed by atoms with Gasteiger partial charge in [0.25, 0.3) is 5.91 Å². The van der Waals surface area contributed by atoms with E-state index in [4.69, 9.17) is 17.0 Å². The van der Waals surface area contributed by atoms with Crippen molar-refractivity contribution in [3.63, 3.8) is 0 Å². The fraction of sp³-hybridized carbons (Fsp3) is 0.222. The van der Waals surface area contributed by atoms with Crippen LogP contribution in [0.4, 0.5) is 5.69 Å². The maximum Gasteiger partial charge on any atom is 0.257 e. The molecule has 0 saturated carbocycles. The summed E-state index contributed by atoms with van der Waals surface area (Å²) in [6, 6.07) is 11.1. The number of aryl methyl sites for hydroxylation is 2. The van der Waals surface area contributed by atoms with Crippen molar-refractivity contribution in [1.82, 2.24) is 5.32 Å². The van der Waals surface area contributed by atoms with Gasteiger partial charge in [0.2, 0.25) is 0 Å². The third kappa shape index (κ3) is 4.91. The number of amides is 1. The molecule has 0 bridgehead atoms. The normalized spacial score (nSPS) is 10.2. The molecule has 0 atom stereocenters. The highest BCUT2D eigenvalue weighted by atomic mass is 127. The summed E-state index contributed by atoms with van der Waals surface area (Å²) in [5.74, 6) is 0.391. The number of hydrogen-bond donors (Lipinski definition) is 2. The Morgan fingerprint density at radius 3 is 2.67 bits per heavy atom. The van der Waals surface area contributed by atoms with Gasteiger partial charge in [-0.3, -0.25) is 10.1 Å². The molecule has 1 amide bonds. The number of nitrogens with one attached hydrogen (secondary N) is 2. The highest BCUT2D eigenvalue weighted by molar-refractivity contribution is 14.1. The van der Waals surface area contributed by atoms with E-state index in [0.717, 1.165) is 16.8 Å². The molecule has 0 heterocycles. The molecule has 126 valence electrons. The molecule has 0 aliphatic heterocycles. The van der Waals surface area contributed by atoms with E-state index < -0.39 is 0 Å². The van der Waals surface area contributed by atoms with Gasteiger partial charge in [-0.05, 0) is 97.0 Å². The van der Waals surface area contributed by atoms with Crippen molar-refractivity contribution in [2.75, 3.05) is 11.9 Å². The Morgan fingerprint density at radius 2 is 1.96 bits per heavy atom. The van der Waals surface area contributed by atoms with Crippen LogP contribution in [0.3, 0.4) is 0 Å². The van der Waals surface area contributed by atoms with Crippen LogP contribution in [0.25, 0.3) is 0 Å². The molecule has 2 aromatic carbocycles. The highest BCUT2D eigenvalue weighted by Gasteiger charge is 2.10. The van der Waals surface area contributed by atoms with Crippen LogP contribution in [0.1, 0.15) is 28.4 Å². The number of anilines is 1. The third-order valence-electron chi connectivity index (χ3n) is 3.39. The molecular formula is C18H19IN2O2S. The minimum absolute atomic E-state index is 0.269. The van der Waals surface area contributed by atoms with Gasteiger partial charge in [-0.15, -0.1) is 0 Å². The number of halogens is 1. The lowest BCUT2D eigenvalue weighted by Crippen LogP contribution is -2.34. The Hall–Kier alpha value is -1.67. The van der Waals surface area contributed by atoms with Crippen LogP contribution in [0.15, 0.2) is 36.4 Å². The quantitative estimate of drug-likeness (QED) is 0.530. The van der Waals surface area contributed by atoms with Gasteiger partial charge in [-0.2, -0.15) is 0 Å². The minimum atomic E-state index is -0.270. The molecule has 0 unspecified atom stereocenters. The molecule has 0 fully saturated rings. The van der Waals surface area contributed by atoms with Crippen molar-refractivity contribution in [3.8, 4) is 5.75 Å². The summed E-state index contributed by atoms with van der Waals surface area (Å²) in [6.45, 7) is 6.49. The summed E-state index contributed by atoms with van der Waals surface area (Å²) in [5.41, 5.74) is 3.61. The van der Waals surface area contributed by atoms with E-state index in [-0.39, 0.29) is 11.0 Å². The number of carbonyl (C=O) groups excluding carboxylic acids is 1. The first-order valence-electron chi connectivity index (χ1n) is 7.52. The van der Waals surface area contributed by atoms with E-state index in [2.05, 4.69) is 39.3 Å². The molecule has 0 aliphatic carbocycles. The number of benzene rings is 2. The summed E-state index contributed by atoms with van der Waals surface area (Å²) < 4.78 is 6.60. The lowest BCUT2D eigenvalue weighted by atomic mass is 10.1. The van der Waals surface area contributed by atoms with Crippen LogP contribution in [-0.2, 0) is 0 Å². The number of ether oxygens (including phenoxy) is 1. The Bertz CT molecular complexity index is 778. The zero-order valence-electron chi connectivity index (χ0n) is 13.8. The molecule has 0 aromatic heterocycles. The maximum absolute atomic E-state index is 12.3. The molecule has 0 aliphatic rings. The van der Waals surface area contributed by atoms with Crippen LogP contribution in [-0.4, -0.2) is 17.6 Å². The summed E-state index contributed by atoms with van der Waals surface area (Å²) in [4.78, 5) is 12.3. The van der Waals surface area contributed by atoms with E-state index >= 15 is 0 Å². The molecule has 2 aromatic rings. The number of hydrogen-bond acceptors (Lipinski definition) is 3. The number of rotatable bonds is 4. The first-order valence-corrected chi connectivity index (χ1v) is 9.01. The SMILES string of the molecule is CCOc1cccc(C(=O)NC(=S)Nc2cc(C)c(I)cc2C)c1. The number of carbonyl (C=O) groups is 1. The van der Waals surface area contributed by atoms with Gasteiger partial charge < -0.3 is 10.1 Å². The summed E-state index contributed by atoms with van der Waals surface area (Å²) in [6.07, 6.45) is 0. The Morgan fingerprint density at radius 1 is 1.21 bits per heavy atom. The standard InChI is InChI=1S/C18H19IN2O2S/c1-4-23-14-7-5-6-13(10-14)17(22)21-18(24)20-16-9-11(2)15(19)8-12(16)3/h5-10H,4H2,1-3H3,(H2,20,21,22,24). The second kappa shape index (κ2) is 8.43. The average molecular weight is 454 g/mol. The van der Waals surface area contributed by atoms with E-state index in [1.54, 1.807) is 18.2 Å². The fourth-order valence-corrected chi connectivity index (χ4v) is 2.96. The maximum atomic E-state index is 12.3. The van der Waals surface area contributed by atoms with Crippen molar-refractivity contribution in [2.45, 2.75) is 20.8 Å². The van der Waals surface area contributed by atoms with Crippen LogP contribution in [0, 0.1) is 17.4 Å². The van der Waals surface area contributed by atoms with E-state index in [1.807, 2.05) is 32.9 Å². The Kier molecular flexibility index (Phi) is 6.56. The Labute approximate surface area is 161 Å².